The van der Waals surface area contributed by atoms with E-state index in [4.69, 9.17) is 0 Å². The highest BCUT2D eigenvalue weighted by molar-refractivity contribution is 9.09. The Hall–Kier alpha value is -2.88. The van der Waals surface area contributed by atoms with Gasteiger partial charge in [0.15, 0.2) is 0 Å². The van der Waals surface area contributed by atoms with E-state index < -0.39 is 22.6 Å². The Labute approximate surface area is 267 Å². The fraction of sp³-hybridized carbons (Fsp3) is 0.441. The average Bonchev–Trinajstić information content (AvgIpc) is 3.58. The molecule has 6 atom stereocenters. The zero-order valence-electron chi connectivity index (χ0n) is 24.8. The summed E-state index contributed by atoms with van der Waals surface area (Å²) in [5, 5.41) is 9.37. The first-order chi connectivity index (χ1) is 20.7. The number of aliphatic hydroxyl groups is 1. The second kappa shape index (κ2) is 13.0. The van der Waals surface area contributed by atoms with Crippen LogP contribution in [0.5, 0.6) is 0 Å². The largest absolute Gasteiger partial charge is 0.396 e. The van der Waals surface area contributed by atoms with Gasteiger partial charge in [-0.3, -0.25) is 14.4 Å². The summed E-state index contributed by atoms with van der Waals surface area (Å²) in [6.07, 6.45) is 5.12. The molecule has 2 aromatic carbocycles. The van der Waals surface area contributed by atoms with Gasteiger partial charge in [-0.15, -0.1) is 24.9 Å². The van der Waals surface area contributed by atoms with Crippen LogP contribution in [0.3, 0.4) is 0 Å². The monoisotopic (exact) mass is 665 g/mol. The first-order valence-corrected chi connectivity index (χ1v) is 16.7. The summed E-state index contributed by atoms with van der Waals surface area (Å²) < 4.78 is -0.765. The highest BCUT2D eigenvalue weighted by atomic mass is 79.9. The molecule has 0 aromatic heterocycles. The van der Waals surface area contributed by atoms with Crippen molar-refractivity contribution >= 4 is 56.8 Å². The Kier molecular flexibility index (Phi) is 9.54. The number of aryl methyl sites for hydroxylation is 2. The number of thioether (sulfide) groups is 1. The van der Waals surface area contributed by atoms with Crippen molar-refractivity contribution < 1.29 is 19.5 Å². The zero-order valence-corrected chi connectivity index (χ0v) is 27.2. The molecule has 0 saturated carbocycles. The molecule has 5 rings (SSSR count). The highest BCUT2D eigenvalue weighted by Crippen LogP contribution is 2.68. The predicted molar refractivity (Wildman–Crippen MR) is 178 cm³/mol. The number of aliphatic hydroxyl groups excluding tert-OH is 1. The molecule has 3 amide bonds. The van der Waals surface area contributed by atoms with E-state index in [0.29, 0.717) is 38.9 Å². The number of hydrogen-bond acceptors (Lipinski definition) is 5. The highest BCUT2D eigenvalue weighted by Gasteiger charge is 2.76. The molecule has 3 saturated heterocycles. The van der Waals surface area contributed by atoms with Crippen LogP contribution in [0.25, 0.3) is 0 Å². The fourth-order valence-corrected chi connectivity index (χ4v) is 11.0. The maximum atomic E-state index is 14.9. The summed E-state index contributed by atoms with van der Waals surface area (Å²) in [6, 6.07) is 14.7. The van der Waals surface area contributed by atoms with Gasteiger partial charge in [0, 0.05) is 47.7 Å². The summed E-state index contributed by atoms with van der Waals surface area (Å²) in [5.74, 6) is -1.64. The second-order valence-corrected chi connectivity index (χ2v) is 14.4. The summed E-state index contributed by atoms with van der Waals surface area (Å²) in [5.41, 5.74) is 3.53. The lowest BCUT2D eigenvalue weighted by atomic mass is 9.70. The third kappa shape index (κ3) is 5.38. The van der Waals surface area contributed by atoms with E-state index in [9.17, 15) is 19.5 Å². The van der Waals surface area contributed by atoms with Gasteiger partial charge in [-0.25, -0.2) is 0 Å². The molecule has 1 spiro atoms. The van der Waals surface area contributed by atoms with Crippen LogP contribution in [-0.2, 0) is 14.4 Å². The number of nitrogens with zero attached hydrogens (tertiary/aromatic N) is 3. The van der Waals surface area contributed by atoms with Gasteiger partial charge in [-0.05, 0) is 56.4 Å². The summed E-state index contributed by atoms with van der Waals surface area (Å²) in [4.78, 5) is 49.1. The van der Waals surface area contributed by atoms with Crippen LogP contribution >= 0.6 is 27.7 Å². The van der Waals surface area contributed by atoms with E-state index in [1.807, 2.05) is 62.4 Å². The molecule has 0 radical (unpaired) electrons. The number of para-hydroxylation sites is 2. The topological polar surface area (TPSA) is 81.2 Å². The van der Waals surface area contributed by atoms with E-state index in [1.54, 1.807) is 38.6 Å². The van der Waals surface area contributed by atoms with Gasteiger partial charge in [-0.1, -0.05) is 64.5 Å². The number of carbonyl (C=O) groups is 3. The van der Waals surface area contributed by atoms with Crippen molar-refractivity contribution in [3.63, 3.8) is 0 Å². The minimum atomic E-state index is -0.765. The number of halogens is 1. The van der Waals surface area contributed by atoms with Gasteiger partial charge >= 0.3 is 0 Å². The van der Waals surface area contributed by atoms with E-state index in [1.165, 1.54) is 0 Å². The molecule has 0 aliphatic carbocycles. The van der Waals surface area contributed by atoms with Crippen LogP contribution in [0.15, 0.2) is 73.8 Å². The molecular formula is C34H40BrN3O4S. The Morgan fingerprint density at radius 3 is 2.30 bits per heavy atom. The standard InChI is InChI=1S/C34H40BrN3O4S/c1-5-17-36(24-15-8-7-9-16-24)31(40)26-27-32(41)38(19-10-11-20-39)30(34(27)21-25(35)29(26)43-34)33(42)37(18-6-2)28-22(3)13-12-14-23(28)4/h5-9,12-16,25-27,29-30,39H,1-2,10-11,17-21H2,3-4H3/t25?,26-,27-,29-,30?,34?/m0/s1. The van der Waals surface area contributed by atoms with Crippen molar-refractivity contribution in [2.24, 2.45) is 11.8 Å². The van der Waals surface area contributed by atoms with Gasteiger partial charge in [-0.2, -0.15) is 0 Å². The lowest BCUT2D eigenvalue weighted by molar-refractivity contribution is -0.139. The third-order valence-corrected chi connectivity index (χ3v) is 12.3. The Morgan fingerprint density at radius 2 is 1.67 bits per heavy atom. The lowest BCUT2D eigenvalue weighted by Crippen LogP contribution is -2.56. The summed E-state index contributed by atoms with van der Waals surface area (Å²) in [7, 11) is 0. The van der Waals surface area contributed by atoms with Crippen LogP contribution < -0.4 is 9.80 Å². The van der Waals surface area contributed by atoms with Crippen LogP contribution in [0.2, 0.25) is 0 Å². The third-order valence-electron chi connectivity index (χ3n) is 9.05. The Bertz CT molecular complexity index is 1380. The van der Waals surface area contributed by atoms with E-state index >= 15 is 0 Å². The number of rotatable bonds is 12. The Balaban J connectivity index is 1.60. The van der Waals surface area contributed by atoms with E-state index in [0.717, 1.165) is 22.5 Å². The maximum absolute atomic E-state index is 14.9. The number of alkyl halides is 1. The van der Waals surface area contributed by atoms with Gasteiger partial charge in [0.25, 0.3) is 5.91 Å². The molecular weight excluding hydrogens is 626 g/mol. The number of fused-ring (bicyclic) bond motifs is 1. The van der Waals surface area contributed by atoms with Crippen molar-refractivity contribution in [3.8, 4) is 0 Å². The van der Waals surface area contributed by atoms with E-state index in [-0.39, 0.29) is 34.4 Å². The van der Waals surface area contributed by atoms with Crippen LogP contribution in [0, 0.1) is 25.7 Å². The molecule has 2 aromatic rings. The molecule has 3 fully saturated rings. The number of hydrogen-bond donors (Lipinski definition) is 1. The number of unbranched alkanes of at least 4 members (excludes halogenated alkanes) is 1. The summed E-state index contributed by atoms with van der Waals surface area (Å²) >= 11 is 5.52. The van der Waals surface area contributed by atoms with Crippen LogP contribution in [0.1, 0.15) is 30.4 Å². The number of amides is 3. The van der Waals surface area contributed by atoms with Crippen molar-refractivity contribution in [1.82, 2.24) is 4.90 Å². The zero-order chi connectivity index (χ0) is 30.9. The van der Waals surface area contributed by atoms with Gasteiger partial charge in [0.2, 0.25) is 11.8 Å². The van der Waals surface area contributed by atoms with Gasteiger partial charge in [0.05, 0.1) is 16.6 Å². The fourth-order valence-electron chi connectivity index (χ4n) is 7.36. The number of likely N-dealkylation sites (tertiary alicyclic amines) is 1. The molecule has 2 bridgehead atoms. The molecule has 228 valence electrons. The number of anilines is 2. The molecule has 7 nitrogen and oxygen atoms in total. The first kappa shape index (κ1) is 31.5. The van der Waals surface area contributed by atoms with Gasteiger partial charge < -0.3 is 19.8 Å². The average molecular weight is 667 g/mol. The first-order valence-electron chi connectivity index (χ1n) is 14.9. The molecule has 43 heavy (non-hydrogen) atoms. The van der Waals surface area contributed by atoms with E-state index in [2.05, 4.69) is 29.1 Å². The minimum absolute atomic E-state index is 0.00913. The predicted octanol–water partition coefficient (Wildman–Crippen LogP) is 5.28. The molecule has 1 N–H and O–H groups in total. The minimum Gasteiger partial charge on any atom is -0.396 e. The van der Waals surface area contributed by atoms with Gasteiger partial charge in [0.1, 0.15) is 6.04 Å². The quantitative estimate of drug-likeness (QED) is 0.190. The molecule has 3 aliphatic rings. The normalized spacial score (nSPS) is 27.2. The SMILES string of the molecule is C=CCN(C(=O)[C@H]1[C@H]2C(=O)N(CCCCO)C(C(=O)N(CC=C)c3c(C)cccc3C)C23CC(Br)[C@@H]1S3)c1ccccc1. The van der Waals surface area contributed by atoms with Crippen molar-refractivity contribution in [2.75, 3.05) is 36.0 Å². The van der Waals surface area contributed by atoms with Crippen molar-refractivity contribution in [1.29, 1.82) is 0 Å². The summed E-state index contributed by atoms with van der Waals surface area (Å²) in [6.45, 7) is 12.8. The Morgan fingerprint density at radius 1 is 1.02 bits per heavy atom. The lowest BCUT2D eigenvalue weighted by Gasteiger charge is -2.39. The van der Waals surface area contributed by atoms with Crippen LogP contribution in [-0.4, -0.2) is 74.8 Å². The molecule has 3 aliphatic heterocycles. The number of benzene rings is 2. The van der Waals surface area contributed by atoms with Crippen molar-refractivity contribution in [3.05, 3.63) is 85.0 Å². The maximum Gasteiger partial charge on any atom is 0.251 e. The number of carbonyl (C=O) groups excluding carboxylic acids is 3. The second-order valence-electron chi connectivity index (χ2n) is 11.7. The smallest absolute Gasteiger partial charge is 0.251 e. The molecule has 3 unspecified atom stereocenters. The van der Waals surface area contributed by atoms with Crippen molar-refractivity contribution in [2.45, 2.75) is 54.0 Å². The molecule has 3 heterocycles. The van der Waals surface area contributed by atoms with Crippen LogP contribution in [0.4, 0.5) is 11.4 Å². The molecule has 9 heteroatoms.